The molecule has 0 aromatic heterocycles. The Morgan fingerprint density at radius 2 is 1.74 bits per heavy atom. The SMILES string of the molecule is CC1(C)N=C(N)N=C(N)N1c1ccc(SCC(=O)Nc2ccc(S(=O)(=O)F)cc2)cc1. The van der Waals surface area contributed by atoms with Crippen molar-refractivity contribution in [3.05, 3.63) is 48.5 Å². The highest BCUT2D eigenvalue weighted by molar-refractivity contribution is 8.00. The number of benzene rings is 2. The lowest BCUT2D eigenvalue weighted by Gasteiger charge is -2.38. The maximum atomic E-state index is 12.9. The van der Waals surface area contributed by atoms with Gasteiger partial charge in [-0.05, 0) is 62.4 Å². The molecule has 164 valence electrons. The Morgan fingerprint density at radius 1 is 1.13 bits per heavy atom. The normalized spacial score (nSPS) is 15.8. The van der Waals surface area contributed by atoms with Crippen LogP contribution in [0.4, 0.5) is 15.3 Å². The van der Waals surface area contributed by atoms with E-state index in [0.717, 1.165) is 22.7 Å². The van der Waals surface area contributed by atoms with E-state index in [1.807, 2.05) is 38.1 Å². The van der Waals surface area contributed by atoms with Crippen molar-refractivity contribution in [2.24, 2.45) is 21.5 Å². The smallest absolute Gasteiger partial charge is 0.332 e. The minimum atomic E-state index is -4.77. The van der Waals surface area contributed by atoms with Crippen LogP contribution in [0.25, 0.3) is 0 Å². The summed E-state index contributed by atoms with van der Waals surface area (Å²) in [6.45, 7) is 3.73. The summed E-state index contributed by atoms with van der Waals surface area (Å²) in [4.78, 5) is 22.6. The Bertz CT molecular complexity index is 1150. The maximum Gasteiger partial charge on any atom is 0.332 e. The number of aliphatic imine (C=N–C) groups is 2. The van der Waals surface area contributed by atoms with E-state index in [2.05, 4.69) is 15.3 Å². The molecule has 0 saturated heterocycles. The summed E-state index contributed by atoms with van der Waals surface area (Å²) in [5, 5.41) is 2.63. The van der Waals surface area contributed by atoms with E-state index in [0.29, 0.717) is 5.69 Å². The number of thioether (sulfide) groups is 1. The van der Waals surface area contributed by atoms with Crippen LogP contribution < -0.4 is 21.7 Å². The Morgan fingerprint density at radius 3 is 2.29 bits per heavy atom. The van der Waals surface area contributed by atoms with Crippen LogP contribution in [0.1, 0.15) is 13.8 Å². The minimum absolute atomic E-state index is 0.123. The molecule has 0 radical (unpaired) electrons. The van der Waals surface area contributed by atoms with E-state index < -0.39 is 20.8 Å². The first kappa shape index (κ1) is 22.6. The fourth-order valence-corrected chi connectivity index (χ4v) is 4.15. The number of nitrogens with two attached hydrogens (primary N) is 2. The molecule has 0 aliphatic carbocycles. The number of carbonyl (C=O) groups excluding carboxylic acids is 1. The molecule has 2 aromatic rings. The van der Waals surface area contributed by atoms with Crippen LogP contribution in [0.5, 0.6) is 0 Å². The van der Waals surface area contributed by atoms with E-state index >= 15 is 0 Å². The van der Waals surface area contributed by atoms with E-state index in [1.165, 1.54) is 23.9 Å². The second-order valence-corrected chi connectivity index (χ2v) is 9.46. The van der Waals surface area contributed by atoms with Crippen molar-refractivity contribution in [3.63, 3.8) is 0 Å². The number of nitrogens with one attached hydrogen (secondary N) is 1. The summed E-state index contributed by atoms with van der Waals surface area (Å²) in [7, 11) is -4.77. The fourth-order valence-electron chi connectivity index (χ4n) is 2.99. The van der Waals surface area contributed by atoms with E-state index in [-0.39, 0.29) is 23.6 Å². The van der Waals surface area contributed by atoms with E-state index in [1.54, 1.807) is 4.90 Å². The highest BCUT2D eigenvalue weighted by Crippen LogP contribution is 2.29. The van der Waals surface area contributed by atoms with Crippen LogP contribution in [0.15, 0.2) is 68.3 Å². The highest BCUT2D eigenvalue weighted by Gasteiger charge is 2.32. The molecule has 3 rings (SSSR count). The molecule has 31 heavy (non-hydrogen) atoms. The number of guanidine groups is 2. The van der Waals surface area contributed by atoms with Gasteiger partial charge in [0.1, 0.15) is 5.66 Å². The summed E-state index contributed by atoms with van der Waals surface area (Å²) in [5.74, 6) is 0.201. The van der Waals surface area contributed by atoms with Gasteiger partial charge in [0.15, 0.2) is 0 Å². The quantitative estimate of drug-likeness (QED) is 0.439. The molecular formula is C19H21FN6O3S2. The number of rotatable bonds is 6. The molecule has 1 aliphatic rings. The van der Waals surface area contributed by atoms with Crippen molar-refractivity contribution < 1.29 is 17.1 Å². The van der Waals surface area contributed by atoms with Gasteiger partial charge in [-0.1, -0.05) is 0 Å². The van der Waals surface area contributed by atoms with E-state index in [4.69, 9.17) is 11.5 Å². The minimum Gasteiger partial charge on any atom is -0.369 e. The third-order valence-electron chi connectivity index (χ3n) is 4.28. The van der Waals surface area contributed by atoms with Gasteiger partial charge < -0.3 is 16.8 Å². The predicted molar refractivity (Wildman–Crippen MR) is 120 cm³/mol. The van der Waals surface area contributed by atoms with Crippen molar-refractivity contribution >= 4 is 51.2 Å². The van der Waals surface area contributed by atoms with Gasteiger partial charge in [-0.15, -0.1) is 15.6 Å². The van der Waals surface area contributed by atoms with Gasteiger partial charge in [-0.25, -0.2) is 4.99 Å². The zero-order valence-electron chi connectivity index (χ0n) is 16.7. The summed E-state index contributed by atoms with van der Waals surface area (Å²) in [6, 6.07) is 12.2. The van der Waals surface area contributed by atoms with Crippen LogP contribution in [-0.2, 0) is 15.0 Å². The van der Waals surface area contributed by atoms with Gasteiger partial charge >= 0.3 is 10.2 Å². The van der Waals surface area contributed by atoms with Crippen molar-refractivity contribution in [1.29, 1.82) is 0 Å². The van der Waals surface area contributed by atoms with Crippen molar-refractivity contribution in [3.8, 4) is 0 Å². The number of hydrogen-bond acceptors (Lipinski definition) is 9. The average Bonchev–Trinajstić information content (AvgIpc) is 2.65. The summed E-state index contributed by atoms with van der Waals surface area (Å²) < 4.78 is 34.6. The highest BCUT2D eigenvalue weighted by atomic mass is 32.3. The van der Waals surface area contributed by atoms with Gasteiger partial charge in [-0.3, -0.25) is 9.69 Å². The number of hydrogen-bond donors (Lipinski definition) is 3. The molecule has 0 atom stereocenters. The molecule has 0 fully saturated rings. The lowest BCUT2D eigenvalue weighted by atomic mass is 10.1. The molecule has 12 heteroatoms. The second kappa shape index (κ2) is 8.55. The zero-order chi connectivity index (χ0) is 22.8. The van der Waals surface area contributed by atoms with Gasteiger partial charge in [0, 0.05) is 16.3 Å². The van der Waals surface area contributed by atoms with Crippen LogP contribution in [0.3, 0.4) is 0 Å². The van der Waals surface area contributed by atoms with E-state index in [9.17, 15) is 17.1 Å². The predicted octanol–water partition coefficient (Wildman–Crippen LogP) is 2.26. The largest absolute Gasteiger partial charge is 0.369 e. The van der Waals surface area contributed by atoms with Gasteiger partial charge in [0.2, 0.25) is 17.8 Å². The van der Waals surface area contributed by atoms with Crippen LogP contribution >= 0.6 is 11.8 Å². The molecule has 9 nitrogen and oxygen atoms in total. The van der Waals surface area contributed by atoms with Crippen LogP contribution in [0, 0.1) is 0 Å². The molecule has 2 aromatic carbocycles. The lowest BCUT2D eigenvalue weighted by molar-refractivity contribution is -0.113. The lowest BCUT2D eigenvalue weighted by Crippen LogP contribution is -2.54. The fraction of sp³-hybridized carbons (Fsp3) is 0.211. The van der Waals surface area contributed by atoms with Gasteiger partial charge in [-0.2, -0.15) is 13.4 Å². The number of anilines is 2. The monoisotopic (exact) mass is 464 g/mol. The Balaban J connectivity index is 1.59. The zero-order valence-corrected chi connectivity index (χ0v) is 18.4. The number of nitrogens with zero attached hydrogens (tertiary/aromatic N) is 3. The molecular weight excluding hydrogens is 443 g/mol. The molecule has 0 spiro atoms. The molecule has 1 heterocycles. The molecule has 0 bridgehead atoms. The summed E-state index contributed by atoms with van der Waals surface area (Å²) in [6.07, 6.45) is 0. The first-order chi connectivity index (χ1) is 14.5. The summed E-state index contributed by atoms with van der Waals surface area (Å²) >= 11 is 1.32. The second-order valence-electron chi connectivity index (χ2n) is 7.06. The summed E-state index contributed by atoms with van der Waals surface area (Å²) in [5.41, 5.74) is 12.2. The average molecular weight is 465 g/mol. The Kier molecular flexibility index (Phi) is 6.23. The molecule has 1 aliphatic heterocycles. The number of amides is 1. The Hall–Kier alpha value is -3.12. The first-order valence-corrected chi connectivity index (χ1v) is 11.4. The van der Waals surface area contributed by atoms with Gasteiger partial charge in [0.25, 0.3) is 0 Å². The van der Waals surface area contributed by atoms with Gasteiger partial charge in [0.05, 0.1) is 10.6 Å². The van der Waals surface area contributed by atoms with Crippen molar-refractivity contribution in [2.75, 3.05) is 16.0 Å². The third-order valence-corrected chi connectivity index (χ3v) is 6.13. The molecule has 1 amide bonds. The topological polar surface area (TPSA) is 143 Å². The van der Waals surface area contributed by atoms with Crippen molar-refractivity contribution in [2.45, 2.75) is 29.3 Å². The van der Waals surface area contributed by atoms with Crippen molar-refractivity contribution in [1.82, 2.24) is 0 Å². The molecule has 0 unspecified atom stereocenters. The number of carbonyl (C=O) groups is 1. The third kappa shape index (κ3) is 5.52. The standard InChI is InChI=1S/C19H21FN6O3S2/c1-19(2)25-17(21)24-18(22)26(19)13-5-7-14(8-6-13)30-11-16(27)23-12-3-9-15(10-4-12)31(20,28)29/h3-10H,11H2,1-2H3,(H,23,27)(H4,21,22,24,25). The molecule has 0 saturated carbocycles. The Labute approximate surface area is 183 Å². The first-order valence-electron chi connectivity index (χ1n) is 9.03. The van der Waals surface area contributed by atoms with Crippen LogP contribution in [0.2, 0.25) is 0 Å². The molecule has 5 N–H and O–H groups in total. The maximum absolute atomic E-state index is 12.9. The van der Waals surface area contributed by atoms with Crippen LogP contribution in [-0.4, -0.2) is 37.7 Å². The number of halogens is 1.